The smallest absolute Gasteiger partial charge is 0.335 e. The highest BCUT2D eigenvalue weighted by atomic mass is 16.5. The van der Waals surface area contributed by atoms with Crippen LogP contribution in [0.3, 0.4) is 0 Å². The molecule has 4 heteroatoms. The quantitative estimate of drug-likeness (QED) is 0.762. The summed E-state index contributed by atoms with van der Waals surface area (Å²) >= 11 is 0. The van der Waals surface area contributed by atoms with Crippen molar-refractivity contribution < 1.29 is 14.6 Å². The number of H-pyrrole nitrogens is 1. The minimum Gasteiger partial charge on any atom is -0.496 e. The zero-order valence-electron chi connectivity index (χ0n) is 12.7. The van der Waals surface area contributed by atoms with Crippen molar-refractivity contribution in [1.29, 1.82) is 0 Å². The molecule has 0 saturated carbocycles. The highest BCUT2D eigenvalue weighted by molar-refractivity contribution is 5.92. The Morgan fingerprint density at radius 3 is 2.50 bits per heavy atom. The lowest BCUT2D eigenvalue weighted by Crippen LogP contribution is -1.98. The Kier molecular flexibility index (Phi) is 3.37. The van der Waals surface area contributed by atoms with Gasteiger partial charge in [-0.15, -0.1) is 0 Å². The zero-order chi connectivity index (χ0) is 15.9. The van der Waals surface area contributed by atoms with Crippen LogP contribution in [-0.4, -0.2) is 23.2 Å². The second kappa shape index (κ2) is 5.22. The molecule has 0 unspecified atom stereocenters. The average Bonchev–Trinajstić information content (AvgIpc) is 2.89. The number of carboxylic acid groups (broad SMARTS) is 1. The molecule has 0 atom stereocenters. The summed E-state index contributed by atoms with van der Waals surface area (Å²) in [7, 11) is 1.58. The first kappa shape index (κ1) is 14.2. The lowest BCUT2D eigenvalue weighted by Gasteiger charge is -2.07. The van der Waals surface area contributed by atoms with E-state index in [4.69, 9.17) is 4.74 Å². The molecule has 2 aromatic carbocycles. The molecule has 0 amide bonds. The first-order chi connectivity index (χ1) is 10.5. The van der Waals surface area contributed by atoms with Crippen molar-refractivity contribution >= 4 is 16.9 Å². The number of ether oxygens (including phenoxy) is 1. The molecule has 0 fully saturated rings. The van der Waals surface area contributed by atoms with E-state index >= 15 is 0 Å². The topological polar surface area (TPSA) is 62.3 Å². The maximum absolute atomic E-state index is 11.2. The molecule has 3 aromatic rings. The Morgan fingerprint density at radius 2 is 1.82 bits per heavy atom. The van der Waals surface area contributed by atoms with E-state index in [0.717, 1.165) is 22.2 Å². The van der Waals surface area contributed by atoms with Crippen molar-refractivity contribution in [2.45, 2.75) is 13.8 Å². The van der Waals surface area contributed by atoms with E-state index in [1.165, 1.54) is 11.1 Å². The zero-order valence-corrected chi connectivity index (χ0v) is 12.7. The number of methoxy groups -OCH3 is 1. The third-order valence-corrected chi connectivity index (χ3v) is 3.97. The highest BCUT2D eigenvalue weighted by Gasteiger charge is 2.13. The van der Waals surface area contributed by atoms with Gasteiger partial charge in [-0.1, -0.05) is 0 Å². The average molecular weight is 295 g/mol. The Balaban J connectivity index is 2.21. The van der Waals surface area contributed by atoms with Gasteiger partial charge in [-0.05, 0) is 61.4 Å². The van der Waals surface area contributed by atoms with E-state index < -0.39 is 5.97 Å². The highest BCUT2D eigenvalue weighted by Crippen LogP contribution is 2.33. The number of carboxylic acids is 1. The molecule has 2 N–H and O–H groups in total. The van der Waals surface area contributed by atoms with Crippen molar-refractivity contribution in [3.8, 4) is 17.0 Å². The first-order valence-corrected chi connectivity index (χ1v) is 7.01. The molecule has 4 nitrogen and oxygen atoms in total. The van der Waals surface area contributed by atoms with E-state index in [0.29, 0.717) is 5.75 Å². The van der Waals surface area contributed by atoms with Gasteiger partial charge in [-0.25, -0.2) is 4.79 Å². The van der Waals surface area contributed by atoms with E-state index in [9.17, 15) is 9.90 Å². The van der Waals surface area contributed by atoms with Gasteiger partial charge < -0.3 is 14.8 Å². The molecule has 0 aliphatic heterocycles. The van der Waals surface area contributed by atoms with Crippen LogP contribution in [0.2, 0.25) is 0 Å². The molecular weight excluding hydrogens is 278 g/mol. The summed E-state index contributed by atoms with van der Waals surface area (Å²) in [5, 5.41) is 10.3. The van der Waals surface area contributed by atoms with Crippen LogP contribution >= 0.6 is 0 Å². The summed E-state index contributed by atoms with van der Waals surface area (Å²) in [4.78, 5) is 14.5. The number of hydrogen-bond acceptors (Lipinski definition) is 2. The molecule has 0 aliphatic carbocycles. The molecule has 3 rings (SSSR count). The minimum absolute atomic E-state index is 0.238. The van der Waals surface area contributed by atoms with Gasteiger partial charge in [0, 0.05) is 16.5 Å². The molecule has 0 saturated heterocycles. The summed E-state index contributed by atoms with van der Waals surface area (Å²) in [6, 6.07) is 11.1. The maximum atomic E-state index is 11.2. The molecule has 22 heavy (non-hydrogen) atoms. The van der Waals surface area contributed by atoms with Crippen LogP contribution in [0.4, 0.5) is 0 Å². The van der Waals surface area contributed by atoms with Crippen molar-refractivity contribution in [2.75, 3.05) is 7.11 Å². The van der Waals surface area contributed by atoms with Crippen LogP contribution in [-0.2, 0) is 0 Å². The number of aromatic amines is 1. The molecular formula is C18H17NO3. The Bertz CT molecular complexity index is 838. The number of carbonyl (C=O) groups is 1. The predicted molar refractivity (Wildman–Crippen MR) is 86.7 cm³/mol. The van der Waals surface area contributed by atoms with E-state index in [2.05, 4.69) is 31.0 Å². The Hall–Kier alpha value is -2.75. The summed E-state index contributed by atoms with van der Waals surface area (Å²) in [5.74, 6) is -0.309. The number of hydrogen-bond donors (Lipinski definition) is 2. The second-order valence-electron chi connectivity index (χ2n) is 5.43. The van der Waals surface area contributed by atoms with Gasteiger partial charge in [0.25, 0.3) is 0 Å². The van der Waals surface area contributed by atoms with E-state index in [1.54, 1.807) is 25.3 Å². The maximum Gasteiger partial charge on any atom is 0.335 e. The summed E-state index contributed by atoms with van der Waals surface area (Å²) in [6.07, 6.45) is 0. The number of nitrogens with one attached hydrogen (secondary N) is 1. The van der Waals surface area contributed by atoms with Gasteiger partial charge in [-0.2, -0.15) is 0 Å². The van der Waals surface area contributed by atoms with Crippen LogP contribution in [0.1, 0.15) is 21.5 Å². The molecule has 0 radical (unpaired) electrons. The fraction of sp³-hybridized carbons (Fsp3) is 0.167. The van der Waals surface area contributed by atoms with Gasteiger partial charge in [0.1, 0.15) is 5.75 Å². The molecule has 0 spiro atoms. The Labute approximate surface area is 128 Å². The predicted octanol–water partition coefficient (Wildman–Crippen LogP) is 4.16. The number of aryl methyl sites for hydroxylation is 2. The number of rotatable bonds is 3. The van der Waals surface area contributed by atoms with Gasteiger partial charge >= 0.3 is 5.97 Å². The lowest BCUT2D eigenvalue weighted by molar-refractivity contribution is 0.0697. The fourth-order valence-corrected chi connectivity index (χ4v) is 2.60. The second-order valence-corrected chi connectivity index (χ2v) is 5.43. The van der Waals surface area contributed by atoms with Gasteiger partial charge in [-0.3, -0.25) is 0 Å². The van der Waals surface area contributed by atoms with Crippen LogP contribution in [0.5, 0.6) is 5.75 Å². The normalized spacial score (nSPS) is 10.9. The minimum atomic E-state index is -0.952. The van der Waals surface area contributed by atoms with Crippen LogP contribution in [0.25, 0.3) is 22.2 Å². The summed E-state index contributed by atoms with van der Waals surface area (Å²) in [6.45, 7) is 4.15. The fourth-order valence-electron chi connectivity index (χ4n) is 2.60. The molecule has 1 aromatic heterocycles. The molecule has 0 bridgehead atoms. The van der Waals surface area contributed by atoms with Crippen LogP contribution < -0.4 is 4.74 Å². The Morgan fingerprint density at radius 1 is 1.09 bits per heavy atom. The lowest BCUT2D eigenvalue weighted by atomic mass is 10.1. The van der Waals surface area contributed by atoms with Crippen molar-refractivity contribution in [3.05, 3.63) is 53.1 Å². The molecule has 112 valence electrons. The molecule has 1 heterocycles. The number of fused-ring (bicyclic) bond motifs is 1. The van der Waals surface area contributed by atoms with Gasteiger partial charge in [0.2, 0.25) is 0 Å². The van der Waals surface area contributed by atoms with Gasteiger partial charge in [0.15, 0.2) is 0 Å². The summed E-state index contributed by atoms with van der Waals surface area (Å²) < 4.78 is 5.37. The van der Waals surface area contributed by atoms with E-state index in [-0.39, 0.29) is 5.56 Å². The van der Waals surface area contributed by atoms with E-state index in [1.807, 2.05) is 6.07 Å². The summed E-state index contributed by atoms with van der Waals surface area (Å²) in [5.41, 5.74) is 5.30. The van der Waals surface area contributed by atoms with Crippen LogP contribution in [0.15, 0.2) is 36.4 Å². The first-order valence-electron chi connectivity index (χ1n) is 7.01. The monoisotopic (exact) mass is 295 g/mol. The van der Waals surface area contributed by atoms with Crippen molar-refractivity contribution in [3.63, 3.8) is 0 Å². The van der Waals surface area contributed by atoms with Crippen molar-refractivity contribution in [1.82, 2.24) is 4.98 Å². The third kappa shape index (κ3) is 2.33. The van der Waals surface area contributed by atoms with Gasteiger partial charge in [0.05, 0.1) is 18.4 Å². The number of benzene rings is 2. The number of aromatic carboxylic acids is 1. The third-order valence-electron chi connectivity index (χ3n) is 3.97. The SMILES string of the molecule is COc1ccc(C(=O)O)cc1-c1cc2cc(C)c(C)cc2[nH]1. The standard InChI is InChI=1S/C18H17NO3/c1-10-6-13-9-16(19-15(13)7-11(10)2)14-8-12(18(20)21)4-5-17(14)22-3/h4-9,19H,1-3H3,(H,20,21). The van der Waals surface area contributed by atoms with Crippen LogP contribution in [0, 0.1) is 13.8 Å². The number of aromatic nitrogens is 1. The largest absolute Gasteiger partial charge is 0.496 e. The van der Waals surface area contributed by atoms with Crippen molar-refractivity contribution in [2.24, 2.45) is 0 Å². The molecule has 0 aliphatic rings.